The highest BCUT2D eigenvalue weighted by Crippen LogP contribution is 2.50. The Labute approximate surface area is 125 Å². The van der Waals surface area contributed by atoms with Crippen LogP contribution in [0.15, 0.2) is 9.98 Å². The number of carbonyl (C=O) groups is 1. The van der Waals surface area contributed by atoms with E-state index in [1.807, 2.05) is 13.8 Å². The molecule has 6 heteroatoms. The van der Waals surface area contributed by atoms with Crippen molar-refractivity contribution in [3.8, 4) is 0 Å². The topological polar surface area (TPSA) is 59.4 Å². The number of hydrogen-bond acceptors (Lipinski definition) is 5. The van der Waals surface area contributed by atoms with Crippen molar-refractivity contribution in [2.24, 2.45) is 11.3 Å². The summed E-state index contributed by atoms with van der Waals surface area (Å²) in [5.74, 6) is -0.353. The minimum absolute atomic E-state index is 0.166. The van der Waals surface area contributed by atoms with Crippen molar-refractivity contribution >= 4 is 33.2 Å². The molecule has 1 heterocycles. The zero-order chi connectivity index (χ0) is 14.3. The quantitative estimate of drug-likeness (QED) is 0.835. The number of methoxy groups -OCH3 is 1. The van der Waals surface area contributed by atoms with Crippen LogP contribution in [0.2, 0.25) is 0 Å². The first-order valence-corrected chi connectivity index (χ1v) is 7.81. The van der Waals surface area contributed by atoms with Gasteiger partial charge in [-0.15, -0.1) is 11.3 Å². The summed E-state index contributed by atoms with van der Waals surface area (Å²) < 4.78 is 5.77. The predicted octanol–water partition coefficient (Wildman–Crippen LogP) is 3.09. The zero-order valence-electron chi connectivity index (χ0n) is 11.3. The van der Waals surface area contributed by atoms with Gasteiger partial charge in [0.1, 0.15) is 10.6 Å². The zero-order valence-corrected chi connectivity index (χ0v) is 13.7. The molecule has 4 nitrogen and oxygen atoms in total. The molecule has 1 aromatic heterocycles. The normalized spacial score (nSPS) is 30.1. The molecule has 0 spiro atoms. The lowest BCUT2D eigenvalue weighted by Gasteiger charge is -2.44. The summed E-state index contributed by atoms with van der Waals surface area (Å²) in [6.45, 7) is 4.00. The summed E-state index contributed by atoms with van der Waals surface area (Å²) in [7, 11) is 1.41. The van der Waals surface area contributed by atoms with Gasteiger partial charge in [-0.25, -0.2) is 4.98 Å². The average molecular weight is 348 g/mol. The second-order valence-corrected chi connectivity index (χ2v) is 8.19. The molecular weight excluding hydrogens is 330 g/mol. The number of aliphatic hydroxyl groups is 1. The van der Waals surface area contributed by atoms with Crippen LogP contribution in [-0.2, 0) is 15.1 Å². The number of ether oxygens (including phenoxy) is 1. The molecule has 0 amide bonds. The minimum Gasteiger partial charge on any atom is -0.469 e. The Morgan fingerprint density at radius 3 is 2.79 bits per heavy atom. The summed E-state index contributed by atoms with van der Waals surface area (Å²) in [6.07, 6.45) is 3.38. The van der Waals surface area contributed by atoms with Gasteiger partial charge in [0.05, 0.1) is 23.0 Å². The Morgan fingerprint density at radius 2 is 2.32 bits per heavy atom. The third-order valence-corrected chi connectivity index (χ3v) is 5.57. The van der Waals surface area contributed by atoms with E-state index in [-0.39, 0.29) is 17.3 Å². The van der Waals surface area contributed by atoms with Gasteiger partial charge in [-0.2, -0.15) is 0 Å². The van der Waals surface area contributed by atoms with Gasteiger partial charge in [0.25, 0.3) is 0 Å². The summed E-state index contributed by atoms with van der Waals surface area (Å²) in [6, 6.07) is 0. The highest BCUT2D eigenvalue weighted by atomic mass is 79.9. The second kappa shape index (κ2) is 5.14. The van der Waals surface area contributed by atoms with E-state index in [2.05, 4.69) is 20.9 Å². The maximum atomic E-state index is 11.8. The average Bonchev–Trinajstić information content (AvgIpc) is 2.74. The van der Waals surface area contributed by atoms with Crippen LogP contribution in [0.5, 0.6) is 0 Å². The molecule has 0 radical (unpaired) electrons. The Hall–Kier alpha value is -0.460. The molecule has 106 valence electrons. The lowest BCUT2D eigenvalue weighted by molar-refractivity contribution is -0.157. The highest BCUT2D eigenvalue weighted by Gasteiger charge is 2.49. The van der Waals surface area contributed by atoms with E-state index in [9.17, 15) is 9.90 Å². The van der Waals surface area contributed by atoms with Gasteiger partial charge in [0.2, 0.25) is 0 Å². The molecule has 1 N–H and O–H groups in total. The van der Waals surface area contributed by atoms with Crippen LogP contribution in [0, 0.1) is 11.3 Å². The SMILES string of the molecule is COC(=O)[C@H]1CC[C@](O)(c2ncc(Br)s2)CC1(C)C. The van der Waals surface area contributed by atoms with E-state index >= 15 is 0 Å². The number of esters is 1. The van der Waals surface area contributed by atoms with Crippen molar-refractivity contribution in [2.45, 2.75) is 38.7 Å². The molecule has 1 aliphatic carbocycles. The molecule has 1 aromatic rings. The maximum Gasteiger partial charge on any atom is 0.309 e. The number of hydrogen-bond donors (Lipinski definition) is 1. The van der Waals surface area contributed by atoms with Crippen LogP contribution in [0.3, 0.4) is 0 Å². The van der Waals surface area contributed by atoms with Crippen LogP contribution in [0.4, 0.5) is 0 Å². The van der Waals surface area contributed by atoms with E-state index in [1.165, 1.54) is 18.4 Å². The number of nitrogens with zero attached hydrogens (tertiary/aromatic N) is 1. The Kier molecular flexibility index (Phi) is 4.05. The van der Waals surface area contributed by atoms with E-state index in [1.54, 1.807) is 6.20 Å². The van der Waals surface area contributed by atoms with Gasteiger partial charge in [-0.1, -0.05) is 13.8 Å². The van der Waals surface area contributed by atoms with Crippen molar-refractivity contribution in [1.29, 1.82) is 0 Å². The fourth-order valence-corrected chi connectivity index (χ4v) is 4.29. The molecule has 19 heavy (non-hydrogen) atoms. The smallest absolute Gasteiger partial charge is 0.309 e. The summed E-state index contributed by atoms with van der Waals surface area (Å²) in [5.41, 5.74) is -1.25. The Bertz CT molecular complexity index is 488. The van der Waals surface area contributed by atoms with Crippen LogP contribution in [0.25, 0.3) is 0 Å². The lowest BCUT2D eigenvalue weighted by atomic mass is 9.63. The largest absolute Gasteiger partial charge is 0.469 e. The number of rotatable bonds is 2. The fraction of sp³-hybridized carbons (Fsp3) is 0.692. The maximum absolute atomic E-state index is 11.8. The molecule has 1 fully saturated rings. The highest BCUT2D eigenvalue weighted by molar-refractivity contribution is 9.11. The van der Waals surface area contributed by atoms with E-state index in [0.29, 0.717) is 19.3 Å². The van der Waals surface area contributed by atoms with Gasteiger partial charge in [-0.05, 0) is 40.6 Å². The molecule has 1 aliphatic rings. The third kappa shape index (κ3) is 2.85. The number of carbonyl (C=O) groups excluding carboxylic acids is 1. The first kappa shape index (κ1) is 14.9. The van der Waals surface area contributed by atoms with Gasteiger partial charge in [0, 0.05) is 0 Å². The first-order valence-electron chi connectivity index (χ1n) is 6.20. The van der Waals surface area contributed by atoms with E-state index in [4.69, 9.17) is 4.74 Å². The van der Waals surface area contributed by atoms with Crippen LogP contribution in [-0.4, -0.2) is 23.2 Å². The predicted molar refractivity (Wildman–Crippen MR) is 76.8 cm³/mol. The fourth-order valence-electron chi connectivity index (χ4n) is 2.97. The molecule has 0 saturated heterocycles. The van der Waals surface area contributed by atoms with Gasteiger partial charge in [-0.3, -0.25) is 4.79 Å². The van der Waals surface area contributed by atoms with Crippen LogP contribution in [0.1, 0.15) is 38.1 Å². The molecule has 2 rings (SSSR count). The summed E-state index contributed by atoms with van der Waals surface area (Å²) >= 11 is 4.82. The lowest BCUT2D eigenvalue weighted by Crippen LogP contribution is -2.45. The molecule has 0 bridgehead atoms. The molecular formula is C13H18BrNO3S. The van der Waals surface area contributed by atoms with Crippen LogP contribution >= 0.6 is 27.3 Å². The standard InChI is InChI=1S/C13H18BrNO3S/c1-12(2)7-13(17,11-15-6-9(14)19-11)5-4-8(12)10(16)18-3/h6,8,17H,4-5,7H2,1-3H3/t8-,13-/m1/s1. The van der Waals surface area contributed by atoms with Crippen molar-refractivity contribution in [2.75, 3.05) is 7.11 Å². The van der Waals surface area contributed by atoms with Crippen molar-refractivity contribution in [3.05, 3.63) is 15.0 Å². The molecule has 1 saturated carbocycles. The minimum atomic E-state index is -0.940. The molecule has 2 atom stereocenters. The van der Waals surface area contributed by atoms with Gasteiger partial charge in [0.15, 0.2) is 0 Å². The third-order valence-electron chi connectivity index (χ3n) is 3.90. The molecule has 0 aromatic carbocycles. The van der Waals surface area contributed by atoms with Crippen molar-refractivity contribution in [3.63, 3.8) is 0 Å². The van der Waals surface area contributed by atoms with Crippen LogP contribution < -0.4 is 0 Å². The monoisotopic (exact) mass is 347 g/mol. The molecule has 0 aliphatic heterocycles. The number of aromatic nitrogens is 1. The van der Waals surface area contributed by atoms with Gasteiger partial charge >= 0.3 is 5.97 Å². The van der Waals surface area contributed by atoms with E-state index in [0.717, 1.165) is 8.79 Å². The number of thiazole rings is 1. The van der Waals surface area contributed by atoms with Gasteiger partial charge < -0.3 is 9.84 Å². The Balaban J connectivity index is 2.24. The van der Waals surface area contributed by atoms with E-state index < -0.39 is 5.60 Å². The van der Waals surface area contributed by atoms with Crippen molar-refractivity contribution < 1.29 is 14.6 Å². The Morgan fingerprint density at radius 1 is 1.63 bits per heavy atom. The van der Waals surface area contributed by atoms with Crippen molar-refractivity contribution in [1.82, 2.24) is 4.98 Å². The first-order chi connectivity index (χ1) is 8.78. The summed E-state index contributed by atoms with van der Waals surface area (Å²) in [4.78, 5) is 16.1. The summed E-state index contributed by atoms with van der Waals surface area (Å²) in [5, 5.41) is 11.6. The second-order valence-electron chi connectivity index (χ2n) is 5.78. The molecule has 0 unspecified atom stereocenters. The number of halogens is 1.